The van der Waals surface area contributed by atoms with E-state index in [1.165, 1.54) is 0 Å². The third-order valence-electron chi connectivity index (χ3n) is 3.00. The van der Waals surface area contributed by atoms with Crippen LogP contribution in [0.2, 0.25) is 5.02 Å². The first-order valence-electron chi connectivity index (χ1n) is 6.53. The molecule has 1 N–H and O–H groups in total. The third kappa shape index (κ3) is 3.62. The number of benzene rings is 2. The van der Waals surface area contributed by atoms with Crippen LogP contribution in [0, 0.1) is 0 Å². The van der Waals surface area contributed by atoms with Gasteiger partial charge in [-0.15, -0.1) is 0 Å². The zero-order valence-corrected chi connectivity index (χ0v) is 13.3. The Kier molecular flexibility index (Phi) is 5.49. The Morgan fingerprint density at radius 1 is 0.955 bits per heavy atom. The van der Waals surface area contributed by atoms with Gasteiger partial charge < -0.3 is 14.2 Å². The van der Waals surface area contributed by atoms with E-state index in [1.807, 2.05) is 30.3 Å². The van der Waals surface area contributed by atoms with E-state index >= 15 is 0 Å². The minimum atomic E-state index is 0.446. The fraction of sp³-hybridized carbons (Fsp3) is 0.188. The Labute approximate surface area is 134 Å². The SMILES string of the molecule is COc1ccc(N/N=C/c2ccc(OC)c(OC)c2Cl)cc1. The first kappa shape index (κ1) is 16.0. The van der Waals surface area contributed by atoms with E-state index in [0.29, 0.717) is 16.5 Å². The number of methoxy groups -OCH3 is 3. The van der Waals surface area contributed by atoms with E-state index in [-0.39, 0.29) is 0 Å². The van der Waals surface area contributed by atoms with Crippen LogP contribution in [0.25, 0.3) is 0 Å². The highest BCUT2D eigenvalue weighted by molar-refractivity contribution is 6.34. The Hall–Kier alpha value is -2.40. The molecule has 0 fully saturated rings. The lowest BCUT2D eigenvalue weighted by atomic mass is 10.2. The van der Waals surface area contributed by atoms with Crippen LogP contribution in [0.15, 0.2) is 41.5 Å². The number of hydrogen-bond acceptors (Lipinski definition) is 5. The number of anilines is 1. The molecule has 0 saturated carbocycles. The molecule has 0 unspecified atom stereocenters. The summed E-state index contributed by atoms with van der Waals surface area (Å²) < 4.78 is 15.5. The number of hydrazone groups is 1. The van der Waals surface area contributed by atoms with E-state index < -0.39 is 0 Å². The lowest BCUT2D eigenvalue weighted by Gasteiger charge is -2.10. The molecule has 0 amide bonds. The normalized spacial score (nSPS) is 10.5. The Morgan fingerprint density at radius 2 is 1.68 bits per heavy atom. The summed E-state index contributed by atoms with van der Waals surface area (Å²) in [6, 6.07) is 11.0. The molecular formula is C16H17ClN2O3. The highest BCUT2D eigenvalue weighted by Gasteiger charge is 2.11. The number of rotatable bonds is 6. The van der Waals surface area contributed by atoms with Gasteiger partial charge in [-0.3, -0.25) is 5.43 Å². The number of hydrogen-bond donors (Lipinski definition) is 1. The largest absolute Gasteiger partial charge is 0.497 e. The molecule has 2 aromatic rings. The minimum Gasteiger partial charge on any atom is -0.497 e. The maximum Gasteiger partial charge on any atom is 0.180 e. The average molecular weight is 321 g/mol. The Morgan fingerprint density at radius 3 is 2.27 bits per heavy atom. The molecule has 0 aliphatic carbocycles. The lowest BCUT2D eigenvalue weighted by molar-refractivity contribution is 0.355. The maximum atomic E-state index is 6.27. The topological polar surface area (TPSA) is 52.1 Å². The van der Waals surface area contributed by atoms with Crippen LogP contribution >= 0.6 is 11.6 Å². The third-order valence-corrected chi connectivity index (χ3v) is 3.39. The second kappa shape index (κ2) is 7.56. The lowest BCUT2D eigenvalue weighted by Crippen LogP contribution is -1.96. The summed E-state index contributed by atoms with van der Waals surface area (Å²) in [6.07, 6.45) is 1.62. The zero-order valence-electron chi connectivity index (χ0n) is 12.6. The van der Waals surface area contributed by atoms with Gasteiger partial charge >= 0.3 is 0 Å². The van der Waals surface area contributed by atoms with Gasteiger partial charge in [0.2, 0.25) is 0 Å². The molecular weight excluding hydrogens is 304 g/mol. The predicted octanol–water partition coefficient (Wildman–Crippen LogP) is 3.81. The average Bonchev–Trinajstić information content (AvgIpc) is 2.56. The van der Waals surface area contributed by atoms with E-state index in [4.69, 9.17) is 25.8 Å². The Balaban J connectivity index is 2.12. The number of ether oxygens (including phenoxy) is 3. The number of nitrogens with one attached hydrogen (secondary N) is 1. The van der Waals surface area contributed by atoms with Crippen molar-refractivity contribution < 1.29 is 14.2 Å². The van der Waals surface area contributed by atoms with E-state index in [9.17, 15) is 0 Å². The van der Waals surface area contributed by atoms with Crippen molar-refractivity contribution in [2.24, 2.45) is 5.10 Å². The molecule has 0 bridgehead atoms. The van der Waals surface area contributed by atoms with Crippen LogP contribution < -0.4 is 19.6 Å². The van der Waals surface area contributed by atoms with Gasteiger partial charge in [-0.05, 0) is 36.4 Å². The van der Waals surface area contributed by atoms with Crippen LogP contribution in [0.5, 0.6) is 17.2 Å². The minimum absolute atomic E-state index is 0.446. The van der Waals surface area contributed by atoms with Crippen LogP contribution in [0.4, 0.5) is 5.69 Å². The molecule has 0 aliphatic rings. The van der Waals surface area contributed by atoms with E-state index in [1.54, 1.807) is 33.6 Å². The van der Waals surface area contributed by atoms with Gasteiger partial charge in [0.1, 0.15) is 5.75 Å². The van der Waals surface area contributed by atoms with E-state index in [0.717, 1.165) is 17.0 Å². The van der Waals surface area contributed by atoms with Crippen LogP contribution in [0.3, 0.4) is 0 Å². The van der Waals surface area contributed by atoms with Crippen molar-refractivity contribution >= 4 is 23.5 Å². The summed E-state index contributed by atoms with van der Waals surface area (Å²) in [5.41, 5.74) is 4.48. The monoisotopic (exact) mass is 320 g/mol. The molecule has 116 valence electrons. The molecule has 0 radical (unpaired) electrons. The van der Waals surface area contributed by atoms with Crippen molar-refractivity contribution in [3.63, 3.8) is 0 Å². The molecule has 0 atom stereocenters. The molecule has 0 saturated heterocycles. The smallest absolute Gasteiger partial charge is 0.180 e. The predicted molar refractivity (Wildman–Crippen MR) is 88.8 cm³/mol. The van der Waals surface area contributed by atoms with Gasteiger partial charge in [-0.2, -0.15) is 5.10 Å². The van der Waals surface area contributed by atoms with Gasteiger partial charge in [0.15, 0.2) is 11.5 Å². The molecule has 6 heteroatoms. The fourth-order valence-corrected chi connectivity index (χ4v) is 2.13. The molecule has 5 nitrogen and oxygen atoms in total. The highest BCUT2D eigenvalue weighted by Crippen LogP contribution is 2.36. The van der Waals surface area contributed by atoms with Crippen LogP contribution in [-0.4, -0.2) is 27.5 Å². The van der Waals surface area contributed by atoms with Gasteiger partial charge in [0.05, 0.1) is 38.3 Å². The van der Waals surface area contributed by atoms with Gasteiger partial charge in [0.25, 0.3) is 0 Å². The summed E-state index contributed by atoms with van der Waals surface area (Å²) in [5, 5.41) is 4.61. The molecule has 0 aliphatic heterocycles. The molecule has 0 heterocycles. The summed E-state index contributed by atoms with van der Waals surface area (Å²) in [5.74, 6) is 1.85. The van der Waals surface area contributed by atoms with Crippen molar-refractivity contribution in [2.75, 3.05) is 26.8 Å². The summed E-state index contributed by atoms with van der Waals surface area (Å²) in [4.78, 5) is 0. The molecule has 2 aromatic carbocycles. The van der Waals surface area contributed by atoms with Gasteiger partial charge in [-0.1, -0.05) is 11.6 Å². The quantitative estimate of drug-likeness (QED) is 0.649. The van der Waals surface area contributed by atoms with Crippen molar-refractivity contribution in [1.29, 1.82) is 0 Å². The molecule has 22 heavy (non-hydrogen) atoms. The van der Waals surface area contributed by atoms with Crippen LogP contribution in [-0.2, 0) is 0 Å². The van der Waals surface area contributed by atoms with Crippen LogP contribution in [0.1, 0.15) is 5.56 Å². The Bertz CT molecular complexity index is 657. The van der Waals surface area contributed by atoms with Gasteiger partial charge in [0, 0.05) is 5.56 Å². The number of halogens is 1. The van der Waals surface area contributed by atoms with Crippen molar-refractivity contribution in [3.05, 3.63) is 47.0 Å². The van der Waals surface area contributed by atoms with Crippen molar-refractivity contribution in [1.82, 2.24) is 0 Å². The highest BCUT2D eigenvalue weighted by atomic mass is 35.5. The molecule has 0 aromatic heterocycles. The zero-order chi connectivity index (χ0) is 15.9. The van der Waals surface area contributed by atoms with Crippen molar-refractivity contribution in [2.45, 2.75) is 0 Å². The second-order valence-electron chi connectivity index (χ2n) is 4.30. The summed E-state index contributed by atoms with van der Waals surface area (Å²) in [7, 11) is 4.73. The fourth-order valence-electron chi connectivity index (χ4n) is 1.85. The summed E-state index contributed by atoms with van der Waals surface area (Å²) in [6.45, 7) is 0. The second-order valence-corrected chi connectivity index (χ2v) is 4.68. The standard InChI is InChI=1S/C16H17ClN2O3/c1-20-13-7-5-12(6-8-13)19-18-10-11-4-9-14(21-2)16(22-3)15(11)17/h4-10,19H,1-3H3/b18-10+. The van der Waals surface area contributed by atoms with Gasteiger partial charge in [-0.25, -0.2) is 0 Å². The maximum absolute atomic E-state index is 6.27. The first-order chi connectivity index (χ1) is 10.7. The number of nitrogens with zero attached hydrogens (tertiary/aromatic N) is 1. The molecule has 0 spiro atoms. The van der Waals surface area contributed by atoms with E-state index in [2.05, 4.69) is 10.5 Å². The molecule has 2 rings (SSSR count). The summed E-state index contributed by atoms with van der Waals surface area (Å²) >= 11 is 6.27. The first-order valence-corrected chi connectivity index (χ1v) is 6.91. The van der Waals surface area contributed by atoms with Crippen molar-refractivity contribution in [3.8, 4) is 17.2 Å².